The van der Waals surface area contributed by atoms with Crippen molar-refractivity contribution in [2.24, 2.45) is 0 Å². The summed E-state index contributed by atoms with van der Waals surface area (Å²) in [6.45, 7) is 12.1. The SMILES string of the molecule is CCC1=CC(C(=O)OCC(=O)c2ccc(-c3ccc(C(=O)COC(=O)C4CCCN4C(=O)OC(C)(C)C)cc3)cc2)N(C(=O)OC(C)(C)C)C1. The van der Waals surface area contributed by atoms with Crippen LogP contribution in [0.1, 0.15) is 88.4 Å². The van der Waals surface area contributed by atoms with Crippen molar-refractivity contribution in [2.45, 2.75) is 91.0 Å². The van der Waals surface area contributed by atoms with Gasteiger partial charge in [-0.15, -0.1) is 0 Å². The second-order valence-electron chi connectivity index (χ2n) is 14.3. The van der Waals surface area contributed by atoms with E-state index in [1.165, 1.54) is 9.80 Å². The minimum Gasteiger partial charge on any atom is -0.456 e. The van der Waals surface area contributed by atoms with Gasteiger partial charge in [-0.2, -0.15) is 0 Å². The molecule has 0 aromatic heterocycles. The van der Waals surface area contributed by atoms with Crippen LogP contribution in [0.25, 0.3) is 11.1 Å². The van der Waals surface area contributed by atoms with Gasteiger partial charge in [-0.05, 0) is 78.0 Å². The molecule has 1 fully saturated rings. The number of esters is 2. The number of benzene rings is 2. The number of amides is 2. The van der Waals surface area contributed by atoms with Gasteiger partial charge in [-0.3, -0.25) is 19.4 Å². The average Bonchev–Trinajstić information content (AvgIpc) is 3.73. The van der Waals surface area contributed by atoms with Gasteiger partial charge in [-0.1, -0.05) is 61.0 Å². The molecular formula is C38H46N2O10. The summed E-state index contributed by atoms with van der Waals surface area (Å²) in [6.07, 6.45) is 2.17. The Morgan fingerprint density at radius 3 is 1.60 bits per heavy atom. The molecule has 0 N–H and O–H groups in total. The number of ether oxygens (including phenoxy) is 4. The summed E-state index contributed by atoms with van der Waals surface area (Å²) in [5, 5.41) is 0. The minimum atomic E-state index is -0.973. The molecule has 2 aromatic rings. The molecule has 2 aliphatic heterocycles. The third kappa shape index (κ3) is 10.0. The smallest absolute Gasteiger partial charge is 0.411 e. The number of likely N-dealkylation sites (tertiary alicyclic amines) is 1. The fraction of sp³-hybridized carbons (Fsp3) is 0.474. The summed E-state index contributed by atoms with van der Waals surface area (Å²) >= 11 is 0. The Kier molecular flexibility index (Phi) is 11.9. The molecule has 50 heavy (non-hydrogen) atoms. The van der Waals surface area contributed by atoms with Crippen LogP contribution < -0.4 is 0 Å². The Morgan fingerprint density at radius 2 is 1.14 bits per heavy atom. The van der Waals surface area contributed by atoms with Crippen LogP contribution in [0.2, 0.25) is 0 Å². The molecule has 2 heterocycles. The Hall–Kier alpha value is -5.00. The van der Waals surface area contributed by atoms with Crippen LogP contribution in [0.15, 0.2) is 60.2 Å². The number of ketones is 2. The first-order chi connectivity index (χ1) is 23.5. The van der Waals surface area contributed by atoms with E-state index in [1.807, 2.05) is 6.92 Å². The summed E-state index contributed by atoms with van der Waals surface area (Å²) in [5.74, 6) is -2.16. The Labute approximate surface area is 292 Å². The van der Waals surface area contributed by atoms with Gasteiger partial charge in [0.15, 0.2) is 30.8 Å². The summed E-state index contributed by atoms with van der Waals surface area (Å²) < 4.78 is 21.4. The number of hydrogen-bond donors (Lipinski definition) is 0. The second-order valence-corrected chi connectivity index (χ2v) is 14.3. The molecule has 0 aliphatic carbocycles. The van der Waals surface area contributed by atoms with E-state index in [0.29, 0.717) is 36.9 Å². The highest BCUT2D eigenvalue weighted by Gasteiger charge is 2.39. The van der Waals surface area contributed by atoms with Gasteiger partial charge >= 0.3 is 24.1 Å². The van der Waals surface area contributed by atoms with Crippen molar-refractivity contribution >= 4 is 35.7 Å². The average molecular weight is 691 g/mol. The second kappa shape index (κ2) is 15.7. The van der Waals surface area contributed by atoms with E-state index in [0.717, 1.165) is 16.7 Å². The molecule has 0 bridgehead atoms. The summed E-state index contributed by atoms with van der Waals surface area (Å²) in [6, 6.07) is 11.7. The van der Waals surface area contributed by atoms with Crippen LogP contribution in [-0.4, -0.2) is 95.1 Å². The van der Waals surface area contributed by atoms with Crippen LogP contribution in [0.3, 0.4) is 0 Å². The molecule has 12 heteroatoms. The zero-order valence-corrected chi connectivity index (χ0v) is 29.8. The predicted octanol–water partition coefficient (Wildman–Crippen LogP) is 6.16. The van der Waals surface area contributed by atoms with Gasteiger partial charge in [0.05, 0.1) is 0 Å². The van der Waals surface area contributed by atoms with E-state index in [-0.39, 0.29) is 6.54 Å². The van der Waals surface area contributed by atoms with Crippen LogP contribution in [0.4, 0.5) is 9.59 Å². The maximum Gasteiger partial charge on any atom is 0.411 e. The summed E-state index contributed by atoms with van der Waals surface area (Å²) in [5.41, 5.74) is 1.71. The van der Waals surface area contributed by atoms with Gasteiger partial charge in [0, 0.05) is 24.2 Å². The molecular weight excluding hydrogens is 644 g/mol. The lowest BCUT2D eigenvalue weighted by Gasteiger charge is -2.27. The lowest BCUT2D eigenvalue weighted by atomic mass is 10.0. The number of nitrogens with zero attached hydrogens (tertiary/aromatic N) is 2. The monoisotopic (exact) mass is 690 g/mol. The van der Waals surface area contributed by atoms with Crippen molar-refractivity contribution < 1.29 is 47.7 Å². The van der Waals surface area contributed by atoms with Crippen LogP contribution in [0.5, 0.6) is 0 Å². The zero-order chi connectivity index (χ0) is 36.8. The Morgan fingerprint density at radius 1 is 0.680 bits per heavy atom. The van der Waals surface area contributed by atoms with Crippen LogP contribution >= 0.6 is 0 Å². The number of rotatable bonds is 10. The maximum absolute atomic E-state index is 12.9. The van der Waals surface area contributed by atoms with Crippen LogP contribution in [0, 0.1) is 0 Å². The molecule has 268 valence electrons. The van der Waals surface area contributed by atoms with Crippen molar-refractivity contribution in [3.05, 3.63) is 71.3 Å². The van der Waals surface area contributed by atoms with Crippen molar-refractivity contribution in [2.75, 3.05) is 26.3 Å². The highest BCUT2D eigenvalue weighted by molar-refractivity contribution is 6.00. The molecule has 2 unspecified atom stereocenters. The molecule has 12 nitrogen and oxygen atoms in total. The standard InChI is InChI=1S/C38H46N2O10/c1-8-24-20-30(40(21-24)36(46)50-38(5,6)7)34(44)48-23-32(42)28-17-13-26(14-18-28)25-11-15-27(16-12-25)31(41)22-47-33(43)29-10-9-19-39(29)35(45)49-37(2,3)4/h11-18,20,29-30H,8-10,19,21-23H2,1-7H3. The van der Waals surface area contributed by atoms with E-state index >= 15 is 0 Å². The predicted molar refractivity (Wildman–Crippen MR) is 184 cm³/mol. The summed E-state index contributed by atoms with van der Waals surface area (Å²) in [4.78, 5) is 79.1. The van der Waals surface area contributed by atoms with Crippen molar-refractivity contribution in [3.8, 4) is 11.1 Å². The first-order valence-electron chi connectivity index (χ1n) is 16.7. The van der Waals surface area contributed by atoms with Crippen molar-refractivity contribution in [1.82, 2.24) is 9.80 Å². The van der Waals surface area contributed by atoms with Gasteiger partial charge in [0.25, 0.3) is 0 Å². The number of carbonyl (C=O) groups excluding carboxylic acids is 6. The van der Waals surface area contributed by atoms with Gasteiger partial charge in [0.1, 0.15) is 17.2 Å². The zero-order valence-electron chi connectivity index (χ0n) is 29.8. The quantitative estimate of drug-likeness (QED) is 0.123. The van der Waals surface area contributed by atoms with Gasteiger partial charge < -0.3 is 18.9 Å². The van der Waals surface area contributed by atoms with Crippen molar-refractivity contribution in [3.63, 3.8) is 0 Å². The number of carbonyl (C=O) groups is 6. The third-order valence-corrected chi connectivity index (χ3v) is 8.02. The largest absolute Gasteiger partial charge is 0.456 e. The molecule has 1 saturated heterocycles. The van der Waals surface area contributed by atoms with E-state index in [9.17, 15) is 28.8 Å². The normalized spacial score (nSPS) is 17.5. The molecule has 4 rings (SSSR count). The highest BCUT2D eigenvalue weighted by atomic mass is 16.6. The Balaban J connectivity index is 1.28. The van der Waals surface area contributed by atoms with Crippen molar-refractivity contribution in [1.29, 1.82) is 0 Å². The molecule has 0 radical (unpaired) electrons. The maximum atomic E-state index is 12.9. The lowest BCUT2D eigenvalue weighted by Crippen LogP contribution is -2.44. The third-order valence-electron chi connectivity index (χ3n) is 8.02. The van der Waals surface area contributed by atoms with E-state index in [1.54, 1.807) is 96.1 Å². The molecule has 0 spiro atoms. The molecule has 2 aromatic carbocycles. The highest BCUT2D eigenvalue weighted by Crippen LogP contribution is 2.25. The molecule has 2 amide bonds. The van der Waals surface area contributed by atoms with E-state index in [2.05, 4.69) is 0 Å². The topological polar surface area (TPSA) is 146 Å². The lowest BCUT2D eigenvalue weighted by molar-refractivity contribution is -0.147. The fourth-order valence-electron chi connectivity index (χ4n) is 5.48. The van der Waals surface area contributed by atoms with Gasteiger partial charge in [0.2, 0.25) is 0 Å². The number of hydrogen-bond acceptors (Lipinski definition) is 10. The van der Waals surface area contributed by atoms with Crippen LogP contribution in [-0.2, 0) is 28.5 Å². The fourth-order valence-corrected chi connectivity index (χ4v) is 5.48. The minimum absolute atomic E-state index is 0.250. The number of Topliss-reactive ketones (excluding diaryl/α,β-unsaturated/α-hetero) is 2. The summed E-state index contributed by atoms with van der Waals surface area (Å²) in [7, 11) is 0. The molecule has 0 saturated carbocycles. The van der Waals surface area contributed by atoms with Gasteiger partial charge in [-0.25, -0.2) is 19.2 Å². The van der Waals surface area contributed by atoms with E-state index in [4.69, 9.17) is 18.9 Å². The Bertz CT molecular complexity index is 1630. The first-order valence-corrected chi connectivity index (χ1v) is 16.7. The molecule has 2 aliphatic rings. The molecule has 2 atom stereocenters. The first kappa shape index (κ1) is 37.8. The van der Waals surface area contributed by atoms with E-state index < -0.39 is 72.2 Å².